The van der Waals surface area contributed by atoms with E-state index >= 15 is 0 Å². The first-order valence-electron chi connectivity index (χ1n) is 11.6. The number of esters is 1. The van der Waals surface area contributed by atoms with Crippen molar-refractivity contribution in [2.45, 2.75) is 92.4 Å². The molecular formula is C25H42O4. The van der Waals surface area contributed by atoms with E-state index in [1.807, 2.05) is 20.8 Å². The molecule has 166 valence electrons. The second-order valence-corrected chi connectivity index (χ2v) is 10.5. The summed E-state index contributed by atoms with van der Waals surface area (Å²) in [6, 6.07) is 0. The molecular weight excluding hydrogens is 364 g/mol. The number of carboxylic acids is 1. The van der Waals surface area contributed by atoms with Crippen molar-refractivity contribution in [1.82, 2.24) is 0 Å². The van der Waals surface area contributed by atoms with Crippen LogP contribution in [0.3, 0.4) is 0 Å². The molecule has 0 heterocycles. The largest absolute Gasteiger partial charge is 0.481 e. The van der Waals surface area contributed by atoms with E-state index in [-0.39, 0.29) is 35.1 Å². The number of ether oxygens (including phenoxy) is 1. The van der Waals surface area contributed by atoms with Gasteiger partial charge in [-0.15, -0.1) is 0 Å². The average molecular weight is 407 g/mol. The van der Waals surface area contributed by atoms with Gasteiger partial charge in [-0.3, -0.25) is 9.59 Å². The maximum Gasteiger partial charge on any atom is 0.308 e. The highest BCUT2D eigenvalue weighted by atomic mass is 16.5. The van der Waals surface area contributed by atoms with Gasteiger partial charge in [0.1, 0.15) is 0 Å². The van der Waals surface area contributed by atoms with Crippen molar-refractivity contribution in [3.8, 4) is 0 Å². The van der Waals surface area contributed by atoms with E-state index in [0.29, 0.717) is 18.4 Å². The van der Waals surface area contributed by atoms with E-state index in [2.05, 4.69) is 20.4 Å². The Hall–Kier alpha value is -1.32. The molecule has 0 aromatic rings. The van der Waals surface area contributed by atoms with Crippen LogP contribution in [0.15, 0.2) is 12.2 Å². The lowest BCUT2D eigenvalue weighted by atomic mass is 9.46. The zero-order valence-electron chi connectivity index (χ0n) is 19.3. The Kier molecular flexibility index (Phi) is 7.98. The van der Waals surface area contributed by atoms with Gasteiger partial charge in [-0.05, 0) is 68.1 Å². The van der Waals surface area contributed by atoms with Crippen LogP contribution in [0.1, 0.15) is 92.4 Å². The van der Waals surface area contributed by atoms with Crippen LogP contribution < -0.4 is 0 Å². The van der Waals surface area contributed by atoms with Gasteiger partial charge in [-0.25, -0.2) is 0 Å². The lowest BCUT2D eigenvalue weighted by Gasteiger charge is -2.58. The van der Waals surface area contributed by atoms with Gasteiger partial charge in [-0.1, -0.05) is 53.2 Å². The Bertz CT molecular complexity index is 612. The third-order valence-corrected chi connectivity index (χ3v) is 8.17. The zero-order chi connectivity index (χ0) is 21.8. The Morgan fingerprint density at radius 2 is 1.97 bits per heavy atom. The van der Waals surface area contributed by atoms with Gasteiger partial charge in [0, 0.05) is 11.8 Å². The van der Waals surface area contributed by atoms with E-state index in [1.165, 1.54) is 12.0 Å². The number of fused-ring (bicyclic) bond motifs is 1. The third kappa shape index (κ3) is 5.44. The van der Waals surface area contributed by atoms with Gasteiger partial charge in [0.25, 0.3) is 0 Å². The molecule has 2 aliphatic rings. The van der Waals surface area contributed by atoms with Crippen LogP contribution in [0.4, 0.5) is 0 Å². The molecule has 2 fully saturated rings. The number of carbonyl (C=O) groups excluding carboxylic acids is 1. The summed E-state index contributed by atoms with van der Waals surface area (Å²) in [5.74, 6) is 0.317. The van der Waals surface area contributed by atoms with Crippen molar-refractivity contribution in [2.75, 3.05) is 6.61 Å². The summed E-state index contributed by atoms with van der Waals surface area (Å²) in [5.41, 5.74) is 1.52. The highest BCUT2D eigenvalue weighted by molar-refractivity contribution is 5.71. The van der Waals surface area contributed by atoms with Crippen LogP contribution in [0.5, 0.6) is 0 Å². The predicted molar refractivity (Wildman–Crippen MR) is 116 cm³/mol. The number of carbonyl (C=O) groups is 2. The minimum Gasteiger partial charge on any atom is -0.481 e. The molecule has 4 heteroatoms. The first kappa shape index (κ1) is 24.0. The molecule has 6 atom stereocenters. The van der Waals surface area contributed by atoms with Gasteiger partial charge in [0.05, 0.1) is 12.5 Å². The van der Waals surface area contributed by atoms with Crippen molar-refractivity contribution in [3.05, 3.63) is 12.2 Å². The average Bonchev–Trinajstić information content (AvgIpc) is 2.64. The van der Waals surface area contributed by atoms with E-state index in [9.17, 15) is 9.59 Å². The standard InChI is InChI=1S/C25H42O4/c1-7-18(3)23(28)29-16-24(5)13-8-14-25(6)20(19(4)10-12-21(24)25)11-9-17(2)15-22(26)27/h17-18,20-21H,4,7-16H2,1-3,5-6H3,(H,26,27)/t17-,18-,20-,21-,24+,25+/m1/s1. The minimum absolute atomic E-state index is 0.0156. The predicted octanol–water partition coefficient (Wildman–Crippen LogP) is 6.25. The summed E-state index contributed by atoms with van der Waals surface area (Å²) in [6.45, 7) is 15.7. The molecule has 0 saturated heterocycles. The summed E-state index contributed by atoms with van der Waals surface area (Å²) < 4.78 is 5.81. The molecule has 0 aromatic carbocycles. The first-order chi connectivity index (χ1) is 13.5. The molecule has 1 N–H and O–H groups in total. The van der Waals surface area contributed by atoms with Crippen LogP contribution >= 0.6 is 0 Å². The highest BCUT2D eigenvalue weighted by Gasteiger charge is 2.54. The Morgan fingerprint density at radius 1 is 1.28 bits per heavy atom. The minimum atomic E-state index is -0.711. The van der Waals surface area contributed by atoms with Crippen LogP contribution in [-0.4, -0.2) is 23.7 Å². The van der Waals surface area contributed by atoms with Gasteiger partial charge in [-0.2, -0.15) is 0 Å². The van der Waals surface area contributed by atoms with E-state index < -0.39 is 5.97 Å². The molecule has 0 radical (unpaired) electrons. The van der Waals surface area contributed by atoms with Gasteiger partial charge >= 0.3 is 11.9 Å². The fraction of sp³-hybridized carbons (Fsp3) is 0.840. The lowest BCUT2D eigenvalue weighted by molar-refractivity contribution is -0.159. The van der Waals surface area contributed by atoms with Crippen molar-refractivity contribution >= 4 is 11.9 Å². The van der Waals surface area contributed by atoms with Crippen LogP contribution in [0.25, 0.3) is 0 Å². The Balaban J connectivity index is 2.12. The molecule has 0 unspecified atom stereocenters. The monoisotopic (exact) mass is 406 g/mol. The zero-order valence-corrected chi connectivity index (χ0v) is 19.3. The number of rotatable bonds is 9. The molecule has 0 spiro atoms. The molecule has 2 saturated carbocycles. The van der Waals surface area contributed by atoms with Crippen molar-refractivity contribution < 1.29 is 19.4 Å². The molecule has 2 rings (SSSR count). The number of allylic oxidation sites excluding steroid dienone is 1. The normalized spacial score (nSPS) is 34.2. The number of hydrogen-bond donors (Lipinski definition) is 1. The van der Waals surface area contributed by atoms with Crippen molar-refractivity contribution in [3.63, 3.8) is 0 Å². The molecule has 0 aliphatic heterocycles. The Labute approximate surface area is 177 Å². The van der Waals surface area contributed by atoms with Crippen LogP contribution in [-0.2, 0) is 14.3 Å². The molecule has 2 aliphatic carbocycles. The van der Waals surface area contributed by atoms with Gasteiger partial charge < -0.3 is 9.84 Å². The van der Waals surface area contributed by atoms with Crippen molar-refractivity contribution in [2.24, 2.45) is 34.5 Å². The fourth-order valence-electron chi connectivity index (χ4n) is 6.19. The number of hydrogen-bond acceptors (Lipinski definition) is 3. The fourth-order valence-corrected chi connectivity index (χ4v) is 6.19. The quantitative estimate of drug-likeness (QED) is 0.363. The maximum atomic E-state index is 12.3. The second kappa shape index (κ2) is 9.66. The van der Waals surface area contributed by atoms with Gasteiger partial charge in [0.2, 0.25) is 0 Å². The smallest absolute Gasteiger partial charge is 0.308 e. The summed E-state index contributed by atoms with van der Waals surface area (Å²) in [5, 5.41) is 9.08. The van der Waals surface area contributed by atoms with Crippen LogP contribution in [0, 0.1) is 34.5 Å². The highest BCUT2D eigenvalue weighted by Crippen LogP contribution is 2.62. The lowest BCUT2D eigenvalue weighted by Crippen LogP contribution is -2.52. The summed E-state index contributed by atoms with van der Waals surface area (Å²) in [7, 11) is 0. The molecule has 4 nitrogen and oxygen atoms in total. The number of carboxylic acid groups (broad SMARTS) is 1. The van der Waals surface area contributed by atoms with E-state index in [1.54, 1.807) is 0 Å². The Morgan fingerprint density at radius 3 is 2.59 bits per heavy atom. The van der Waals surface area contributed by atoms with Gasteiger partial charge in [0.15, 0.2) is 0 Å². The first-order valence-corrected chi connectivity index (χ1v) is 11.6. The molecule has 0 bridgehead atoms. The summed E-state index contributed by atoms with van der Waals surface area (Å²) >= 11 is 0. The third-order valence-electron chi connectivity index (χ3n) is 8.17. The number of aliphatic carboxylic acids is 1. The maximum absolute atomic E-state index is 12.3. The summed E-state index contributed by atoms with van der Waals surface area (Å²) in [4.78, 5) is 23.3. The SMILES string of the molecule is C=C1CC[C@@H]2[C@](C)(COC(=O)[C@H](C)CC)CCC[C@@]2(C)[C@@H]1CC[C@@H](C)CC(=O)O. The van der Waals surface area contributed by atoms with E-state index in [0.717, 1.165) is 44.9 Å². The molecule has 29 heavy (non-hydrogen) atoms. The van der Waals surface area contributed by atoms with Crippen LogP contribution in [0.2, 0.25) is 0 Å². The van der Waals surface area contributed by atoms with Crippen molar-refractivity contribution in [1.29, 1.82) is 0 Å². The topological polar surface area (TPSA) is 63.6 Å². The molecule has 0 amide bonds. The summed E-state index contributed by atoms with van der Waals surface area (Å²) in [6.07, 6.45) is 8.59. The second-order valence-electron chi connectivity index (χ2n) is 10.5. The molecule has 0 aromatic heterocycles. The van der Waals surface area contributed by atoms with E-state index in [4.69, 9.17) is 9.84 Å².